The summed E-state index contributed by atoms with van der Waals surface area (Å²) in [5.74, 6) is 0.191. The molecule has 2 nitrogen and oxygen atoms in total. The number of phenols is 1. The van der Waals surface area contributed by atoms with Crippen molar-refractivity contribution in [3.63, 3.8) is 0 Å². The lowest BCUT2D eigenvalue weighted by molar-refractivity contribution is 0.408. The van der Waals surface area contributed by atoms with Crippen molar-refractivity contribution in [3.05, 3.63) is 27.8 Å². The van der Waals surface area contributed by atoms with Crippen molar-refractivity contribution in [1.29, 1.82) is 0 Å². The van der Waals surface area contributed by atoms with Crippen molar-refractivity contribution in [3.8, 4) is 5.75 Å². The van der Waals surface area contributed by atoms with Crippen molar-refractivity contribution in [2.45, 2.75) is 39.2 Å². The van der Waals surface area contributed by atoms with E-state index in [1.165, 1.54) is 18.4 Å². The molecular formula is C13H18ClNO. The van der Waals surface area contributed by atoms with Crippen molar-refractivity contribution in [1.82, 2.24) is 5.32 Å². The number of piperidine rings is 1. The fourth-order valence-electron chi connectivity index (χ4n) is 2.59. The number of hydrogen-bond donors (Lipinski definition) is 2. The van der Waals surface area contributed by atoms with Gasteiger partial charge in [-0.05, 0) is 56.0 Å². The Balaban J connectivity index is 2.42. The minimum absolute atomic E-state index is 0.191. The normalized spacial score (nSPS) is 21.1. The SMILES string of the molecule is Cc1cc(O)c(Cl)c(C)c1C1CCCCN1. The molecule has 1 saturated heterocycles. The standard InChI is InChI=1S/C13H18ClNO/c1-8-7-11(16)13(14)9(2)12(8)10-5-3-4-6-15-10/h7,10,15-16H,3-6H2,1-2H3. The molecule has 0 aromatic heterocycles. The molecule has 0 radical (unpaired) electrons. The van der Waals surface area contributed by atoms with E-state index in [4.69, 9.17) is 11.6 Å². The molecule has 0 bridgehead atoms. The predicted octanol–water partition coefficient (Wildman–Crippen LogP) is 3.48. The van der Waals surface area contributed by atoms with E-state index in [1.807, 2.05) is 13.8 Å². The van der Waals surface area contributed by atoms with Crippen LogP contribution < -0.4 is 5.32 Å². The van der Waals surface area contributed by atoms with Crippen LogP contribution in [0.1, 0.15) is 42.0 Å². The third kappa shape index (κ3) is 2.04. The Kier molecular flexibility index (Phi) is 3.41. The second-order valence-electron chi connectivity index (χ2n) is 4.57. The van der Waals surface area contributed by atoms with Crippen LogP contribution in [0, 0.1) is 13.8 Å². The first-order valence-electron chi connectivity index (χ1n) is 5.83. The molecule has 2 N–H and O–H groups in total. The average Bonchev–Trinajstić information content (AvgIpc) is 2.28. The summed E-state index contributed by atoms with van der Waals surface area (Å²) in [6.07, 6.45) is 3.66. The first-order chi connectivity index (χ1) is 7.61. The van der Waals surface area contributed by atoms with Gasteiger partial charge < -0.3 is 10.4 Å². The Labute approximate surface area is 102 Å². The van der Waals surface area contributed by atoms with Crippen molar-refractivity contribution in [2.24, 2.45) is 0 Å². The molecule has 2 rings (SSSR count). The van der Waals surface area contributed by atoms with Crippen molar-refractivity contribution in [2.75, 3.05) is 6.54 Å². The Morgan fingerprint density at radius 1 is 1.38 bits per heavy atom. The monoisotopic (exact) mass is 239 g/mol. The van der Waals surface area contributed by atoms with Gasteiger partial charge in [0.2, 0.25) is 0 Å². The minimum Gasteiger partial charge on any atom is -0.506 e. The van der Waals surface area contributed by atoms with Crippen molar-refractivity contribution >= 4 is 11.6 Å². The second kappa shape index (κ2) is 4.64. The maximum absolute atomic E-state index is 9.65. The van der Waals surface area contributed by atoms with Gasteiger partial charge >= 0.3 is 0 Å². The summed E-state index contributed by atoms with van der Waals surface area (Å²) in [6, 6.07) is 2.16. The number of rotatable bonds is 1. The van der Waals surface area contributed by atoms with Gasteiger partial charge in [0.15, 0.2) is 0 Å². The highest BCUT2D eigenvalue weighted by atomic mass is 35.5. The number of aryl methyl sites for hydroxylation is 1. The predicted molar refractivity (Wildman–Crippen MR) is 67.2 cm³/mol. The molecule has 0 aliphatic carbocycles. The molecule has 1 aliphatic rings. The maximum Gasteiger partial charge on any atom is 0.134 e. The first-order valence-corrected chi connectivity index (χ1v) is 6.21. The highest BCUT2D eigenvalue weighted by molar-refractivity contribution is 6.32. The highest BCUT2D eigenvalue weighted by Crippen LogP contribution is 2.36. The smallest absolute Gasteiger partial charge is 0.134 e. The average molecular weight is 240 g/mol. The fraction of sp³-hybridized carbons (Fsp3) is 0.538. The molecule has 1 heterocycles. The van der Waals surface area contributed by atoms with E-state index in [0.29, 0.717) is 11.1 Å². The van der Waals surface area contributed by atoms with E-state index >= 15 is 0 Å². The van der Waals surface area contributed by atoms with Crippen LogP contribution in [0.25, 0.3) is 0 Å². The van der Waals surface area contributed by atoms with Gasteiger partial charge in [0, 0.05) is 6.04 Å². The van der Waals surface area contributed by atoms with E-state index < -0.39 is 0 Å². The quantitative estimate of drug-likeness (QED) is 0.787. The molecule has 0 amide bonds. The topological polar surface area (TPSA) is 32.3 Å². The molecule has 88 valence electrons. The van der Waals surface area contributed by atoms with Crippen LogP contribution in [0.15, 0.2) is 6.07 Å². The van der Waals surface area contributed by atoms with Gasteiger partial charge in [0.05, 0.1) is 5.02 Å². The summed E-state index contributed by atoms with van der Waals surface area (Å²) in [6.45, 7) is 5.09. The van der Waals surface area contributed by atoms with Gasteiger partial charge in [0.1, 0.15) is 5.75 Å². The van der Waals surface area contributed by atoms with Crippen LogP contribution in [0.3, 0.4) is 0 Å². The lowest BCUT2D eigenvalue weighted by atomic mass is 9.90. The summed E-state index contributed by atoms with van der Waals surface area (Å²) in [7, 11) is 0. The number of hydrogen-bond acceptors (Lipinski definition) is 2. The van der Waals surface area contributed by atoms with Crippen molar-refractivity contribution < 1.29 is 5.11 Å². The number of aromatic hydroxyl groups is 1. The zero-order chi connectivity index (χ0) is 11.7. The summed E-state index contributed by atoms with van der Waals surface area (Å²) in [5.41, 5.74) is 3.40. The first kappa shape index (κ1) is 11.7. The Bertz CT molecular complexity index is 397. The van der Waals surface area contributed by atoms with E-state index in [1.54, 1.807) is 6.07 Å². The Morgan fingerprint density at radius 2 is 2.12 bits per heavy atom. The van der Waals surface area contributed by atoms with Crippen LogP contribution in [-0.2, 0) is 0 Å². The Hall–Kier alpha value is -0.730. The summed E-state index contributed by atoms with van der Waals surface area (Å²) in [5, 5.41) is 13.7. The van der Waals surface area contributed by atoms with Crippen LogP contribution in [0.2, 0.25) is 5.02 Å². The van der Waals surface area contributed by atoms with E-state index in [0.717, 1.165) is 24.1 Å². The van der Waals surface area contributed by atoms with Gasteiger partial charge in [-0.2, -0.15) is 0 Å². The van der Waals surface area contributed by atoms with Crippen LogP contribution in [-0.4, -0.2) is 11.7 Å². The van der Waals surface area contributed by atoms with Gasteiger partial charge in [-0.3, -0.25) is 0 Å². The van der Waals surface area contributed by atoms with Gasteiger partial charge in [-0.25, -0.2) is 0 Å². The zero-order valence-corrected chi connectivity index (χ0v) is 10.6. The van der Waals surface area contributed by atoms with Gasteiger partial charge in [-0.1, -0.05) is 18.0 Å². The second-order valence-corrected chi connectivity index (χ2v) is 4.95. The van der Waals surface area contributed by atoms with E-state index in [2.05, 4.69) is 5.32 Å². The molecule has 1 atom stereocenters. The molecule has 1 aromatic rings. The lowest BCUT2D eigenvalue weighted by Crippen LogP contribution is -2.28. The van der Waals surface area contributed by atoms with Gasteiger partial charge in [-0.15, -0.1) is 0 Å². The molecule has 1 unspecified atom stereocenters. The fourth-order valence-corrected chi connectivity index (χ4v) is 2.74. The molecule has 1 aromatic carbocycles. The lowest BCUT2D eigenvalue weighted by Gasteiger charge is -2.27. The molecular weight excluding hydrogens is 222 g/mol. The maximum atomic E-state index is 9.65. The van der Waals surface area contributed by atoms with Crippen LogP contribution in [0.5, 0.6) is 5.75 Å². The minimum atomic E-state index is 0.191. The number of phenolic OH excluding ortho intramolecular Hbond substituents is 1. The molecule has 1 aliphatic heterocycles. The molecule has 1 fully saturated rings. The largest absolute Gasteiger partial charge is 0.506 e. The molecule has 16 heavy (non-hydrogen) atoms. The molecule has 3 heteroatoms. The molecule has 0 saturated carbocycles. The van der Waals surface area contributed by atoms with Crippen LogP contribution >= 0.6 is 11.6 Å². The summed E-state index contributed by atoms with van der Waals surface area (Å²) >= 11 is 6.10. The summed E-state index contributed by atoms with van der Waals surface area (Å²) < 4.78 is 0. The number of benzene rings is 1. The summed E-state index contributed by atoms with van der Waals surface area (Å²) in [4.78, 5) is 0. The molecule has 0 spiro atoms. The highest BCUT2D eigenvalue weighted by Gasteiger charge is 2.21. The Morgan fingerprint density at radius 3 is 2.75 bits per heavy atom. The zero-order valence-electron chi connectivity index (χ0n) is 9.81. The van der Waals surface area contributed by atoms with Crippen LogP contribution in [0.4, 0.5) is 0 Å². The number of halogens is 1. The third-order valence-electron chi connectivity index (χ3n) is 3.39. The third-order valence-corrected chi connectivity index (χ3v) is 3.87. The van der Waals surface area contributed by atoms with E-state index in [-0.39, 0.29) is 5.75 Å². The van der Waals surface area contributed by atoms with Gasteiger partial charge in [0.25, 0.3) is 0 Å². The van der Waals surface area contributed by atoms with E-state index in [9.17, 15) is 5.11 Å². The number of nitrogens with one attached hydrogen (secondary N) is 1.